The number of nitrogen functional groups attached to an aromatic ring is 1. The highest BCUT2D eigenvalue weighted by atomic mass is 16.6. The van der Waals surface area contributed by atoms with E-state index in [1.54, 1.807) is 12.1 Å². The van der Waals surface area contributed by atoms with E-state index in [1.165, 1.54) is 0 Å². The first kappa shape index (κ1) is 10.8. The van der Waals surface area contributed by atoms with E-state index >= 15 is 0 Å². The highest BCUT2D eigenvalue weighted by Crippen LogP contribution is 2.23. The molecular formula is C12H15NO3. The van der Waals surface area contributed by atoms with Gasteiger partial charge in [-0.15, -0.1) is 0 Å². The smallest absolute Gasteiger partial charge is 0.344 e. The topological polar surface area (TPSA) is 61.5 Å². The van der Waals surface area contributed by atoms with Gasteiger partial charge in [0.15, 0.2) is 6.61 Å². The van der Waals surface area contributed by atoms with E-state index in [-0.39, 0.29) is 18.7 Å². The number of benzene rings is 1. The van der Waals surface area contributed by atoms with Crippen LogP contribution in [0.2, 0.25) is 0 Å². The largest absolute Gasteiger partial charge is 0.480 e. The van der Waals surface area contributed by atoms with Gasteiger partial charge in [0.2, 0.25) is 0 Å². The van der Waals surface area contributed by atoms with Gasteiger partial charge >= 0.3 is 5.97 Å². The Hall–Kier alpha value is -1.71. The van der Waals surface area contributed by atoms with Gasteiger partial charge in [0, 0.05) is 0 Å². The fourth-order valence-corrected chi connectivity index (χ4v) is 1.46. The number of hydrogen-bond acceptors (Lipinski definition) is 4. The van der Waals surface area contributed by atoms with Gasteiger partial charge in [0.1, 0.15) is 11.9 Å². The fraction of sp³-hybridized carbons (Fsp3) is 0.417. The van der Waals surface area contributed by atoms with E-state index in [1.807, 2.05) is 12.1 Å². The second-order valence-electron chi connectivity index (χ2n) is 3.87. The van der Waals surface area contributed by atoms with Gasteiger partial charge in [0.05, 0.1) is 5.69 Å². The molecule has 4 nitrogen and oxygen atoms in total. The van der Waals surface area contributed by atoms with Crippen molar-refractivity contribution in [2.24, 2.45) is 0 Å². The first-order chi connectivity index (χ1) is 7.75. The van der Waals surface area contributed by atoms with E-state index in [0.29, 0.717) is 11.4 Å². The van der Waals surface area contributed by atoms with Crippen LogP contribution in [-0.4, -0.2) is 18.7 Å². The van der Waals surface area contributed by atoms with Crippen molar-refractivity contribution >= 4 is 11.7 Å². The van der Waals surface area contributed by atoms with E-state index < -0.39 is 0 Å². The van der Waals surface area contributed by atoms with Gasteiger partial charge in [-0.05, 0) is 31.4 Å². The van der Waals surface area contributed by atoms with Crippen LogP contribution in [0.1, 0.15) is 19.3 Å². The summed E-state index contributed by atoms with van der Waals surface area (Å²) in [6, 6.07) is 7.08. The molecule has 1 aromatic rings. The van der Waals surface area contributed by atoms with Crippen LogP contribution >= 0.6 is 0 Å². The summed E-state index contributed by atoms with van der Waals surface area (Å²) in [7, 11) is 0. The van der Waals surface area contributed by atoms with Crippen molar-refractivity contribution in [1.82, 2.24) is 0 Å². The Morgan fingerprint density at radius 3 is 2.75 bits per heavy atom. The number of nitrogens with two attached hydrogens (primary N) is 1. The molecule has 0 aromatic heterocycles. The molecule has 1 aliphatic rings. The lowest BCUT2D eigenvalue weighted by Gasteiger charge is -2.25. The molecule has 1 aliphatic carbocycles. The van der Waals surface area contributed by atoms with Crippen LogP contribution in [0.15, 0.2) is 24.3 Å². The SMILES string of the molecule is Nc1ccccc1OCC(=O)OC1CCC1. The van der Waals surface area contributed by atoms with Gasteiger partial charge in [-0.3, -0.25) is 0 Å². The predicted octanol–water partition coefficient (Wildman–Crippen LogP) is 1.74. The molecule has 0 bridgehead atoms. The molecular weight excluding hydrogens is 206 g/mol. The van der Waals surface area contributed by atoms with E-state index in [2.05, 4.69) is 0 Å². The number of carbonyl (C=O) groups excluding carboxylic acids is 1. The summed E-state index contributed by atoms with van der Waals surface area (Å²) in [5, 5.41) is 0. The van der Waals surface area contributed by atoms with Crippen LogP contribution in [0.25, 0.3) is 0 Å². The Morgan fingerprint density at radius 2 is 2.12 bits per heavy atom. The minimum atomic E-state index is -0.326. The molecule has 1 aromatic carbocycles. The van der Waals surface area contributed by atoms with Crippen molar-refractivity contribution in [3.8, 4) is 5.75 Å². The number of ether oxygens (including phenoxy) is 2. The second kappa shape index (κ2) is 4.88. The third kappa shape index (κ3) is 2.66. The Kier molecular flexibility index (Phi) is 3.29. The van der Waals surface area contributed by atoms with Crippen molar-refractivity contribution in [2.75, 3.05) is 12.3 Å². The summed E-state index contributed by atoms with van der Waals surface area (Å²) in [5.41, 5.74) is 6.20. The average Bonchev–Trinajstić information content (AvgIpc) is 2.22. The Labute approximate surface area is 94.3 Å². The van der Waals surface area contributed by atoms with Gasteiger partial charge in [-0.1, -0.05) is 12.1 Å². The summed E-state index contributed by atoms with van der Waals surface area (Å²) >= 11 is 0. The minimum absolute atomic E-state index is 0.0787. The summed E-state index contributed by atoms with van der Waals surface area (Å²) in [4.78, 5) is 11.3. The maximum Gasteiger partial charge on any atom is 0.344 e. The quantitative estimate of drug-likeness (QED) is 0.621. The molecule has 0 radical (unpaired) electrons. The van der Waals surface area contributed by atoms with Gasteiger partial charge in [-0.25, -0.2) is 4.79 Å². The van der Waals surface area contributed by atoms with Crippen molar-refractivity contribution < 1.29 is 14.3 Å². The van der Waals surface area contributed by atoms with Gasteiger partial charge in [-0.2, -0.15) is 0 Å². The summed E-state index contributed by atoms with van der Waals surface area (Å²) in [5.74, 6) is 0.195. The molecule has 0 saturated heterocycles. The Balaban J connectivity index is 1.78. The standard InChI is InChI=1S/C12H15NO3/c13-10-6-1-2-7-11(10)15-8-12(14)16-9-4-3-5-9/h1-2,6-7,9H,3-5,8,13H2. The molecule has 0 heterocycles. The van der Waals surface area contributed by atoms with Gasteiger partial charge in [0.25, 0.3) is 0 Å². The van der Waals surface area contributed by atoms with E-state index in [4.69, 9.17) is 15.2 Å². The number of hydrogen-bond donors (Lipinski definition) is 1. The van der Waals surface area contributed by atoms with Crippen LogP contribution in [0.4, 0.5) is 5.69 Å². The third-order valence-electron chi connectivity index (χ3n) is 2.61. The van der Waals surface area contributed by atoms with Crippen LogP contribution in [0.3, 0.4) is 0 Å². The van der Waals surface area contributed by atoms with Crippen molar-refractivity contribution in [2.45, 2.75) is 25.4 Å². The summed E-state index contributed by atoms with van der Waals surface area (Å²) < 4.78 is 10.4. The molecule has 86 valence electrons. The Morgan fingerprint density at radius 1 is 1.38 bits per heavy atom. The molecule has 4 heteroatoms. The third-order valence-corrected chi connectivity index (χ3v) is 2.61. The molecule has 0 unspecified atom stereocenters. The summed E-state index contributed by atoms with van der Waals surface area (Å²) in [6.07, 6.45) is 3.19. The summed E-state index contributed by atoms with van der Waals surface area (Å²) in [6.45, 7) is -0.0787. The highest BCUT2D eigenvalue weighted by molar-refractivity contribution is 5.71. The fourth-order valence-electron chi connectivity index (χ4n) is 1.46. The number of anilines is 1. The van der Waals surface area contributed by atoms with Crippen LogP contribution in [0, 0.1) is 0 Å². The zero-order chi connectivity index (χ0) is 11.4. The number of carbonyl (C=O) groups is 1. The average molecular weight is 221 g/mol. The Bertz CT molecular complexity index is 374. The zero-order valence-electron chi connectivity index (χ0n) is 9.02. The molecule has 0 spiro atoms. The molecule has 2 rings (SSSR count). The predicted molar refractivity (Wildman–Crippen MR) is 60.1 cm³/mol. The second-order valence-corrected chi connectivity index (χ2v) is 3.87. The first-order valence-electron chi connectivity index (χ1n) is 5.42. The minimum Gasteiger partial charge on any atom is -0.480 e. The van der Waals surface area contributed by atoms with Crippen LogP contribution in [-0.2, 0) is 9.53 Å². The van der Waals surface area contributed by atoms with Crippen molar-refractivity contribution in [3.05, 3.63) is 24.3 Å². The molecule has 0 aliphatic heterocycles. The maximum absolute atomic E-state index is 11.3. The lowest BCUT2D eigenvalue weighted by molar-refractivity contribution is -0.155. The number of para-hydroxylation sites is 2. The molecule has 1 fully saturated rings. The number of esters is 1. The zero-order valence-corrected chi connectivity index (χ0v) is 9.02. The highest BCUT2D eigenvalue weighted by Gasteiger charge is 2.21. The van der Waals surface area contributed by atoms with Crippen LogP contribution in [0.5, 0.6) is 5.75 Å². The molecule has 0 amide bonds. The molecule has 2 N–H and O–H groups in total. The van der Waals surface area contributed by atoms with Crippen molar-refractivity contribution in [3.63, 3.8) is 0 Å². The van der Waals surface area contributed by atoms with E-state index in [9.17, 15) is 4.79 Å². The first-order valence-corrected chi connectivity index (χ1v) is 5.42. The monoisotopic (exact) mass is 221 g/mol. The van der Waals surface area contributed by atoms with Crippen LogP contribution < -0.4 is 10.5 Å². The maximum atomic E-state index is 11.3. The molecule has 0 atom stereocenters. The van der Waals surface area contributed by atoms with E-state index in [0.717, 1.165) is 19.3 Å². The normalized spacial score (nSPS) is 15.2. The number of rotatable bonds is 4. The van der Waals surface area contributed by atoms with Crippen molar-refractivity contribution in [1.29, 1.82) is 0 Å². The lowest BCUT2D eigenvalue weighted by atomic mass is 9.96. The lowest BCUT2D eigenvalue weighted by Crippen LogP contribution is -2.27. The molecule has 16 heavy (non-hydrogen) atoms. The van der Waals surface area contributed by atoms with Gasteiger partial charge < -0.3 is 15.2 Å². The molecule has 1 saturated carbocycles.